The van der Waals surface area contributed by atoms with Crippen LogP contribution in [0.5, 0.6) is 0 Å². The summed E-state index contributed by atoms with van der Waals surface area (Å²) in [4.78, 5) is 0. The average Bonchev–Trinajstić information content (AvgIpc) is 2.48. The van der Waals surface area contributed by atoms with E-state index >= 15 is 0 Å². The number of nitrogens with one attached hydrogen (secondary N) is 1. The topological polar surface area (TPSA) is 21.3 Å². The number of rotatable bonds is 5. The van der Waals surface area contributed by atoms with Crippen molar-refractivity contribution in [3.8, 4) is 0 Å². The zero-order valence-electron chi connectivity index (χ0n) is 11.4. The quantitative estimate of drug-likeness (QED) is 0.895. The van der Waals surface area contributed by atoms with Crippen LogP contribution in [-0.2, 0) is 4.74 Å². The van der Waals surface area contributed by atoms with E-state index in [9.17, 15) is 4.39 Å². The summed E-state index contributed by atoms with van der Waals surface area (Å²) in [6.45, 7) is 0. The van der Waals surface area contributed by atoms with Crippen LogP contribution < -0.4 is 5.32 Å². The zero-order chi connectivity index (χ0) is 14.5. The molecule has 0 aromatic heterocycles. The summed E-state index contributed by atoms with van der Waals surface area (Å²) < 4.78 is 19.1. The third-order valence-electron chi connectivity index (χ3n) is 3.29. The van der Waals surface area contributed by atoms with Crippen molar-refractivity contribution in [3.63, 3.8) is 0 Å². The minimum atomic E-state index is -0.312. The normalized spacial score (nSPS) is 14.0. The monoisotopic (exact) mass is 293 g/mol. The van der Waals surface area contributed by atoms with Crippen molar-refractivity contribution in [1.29, 1.82) is 0 Å². The van der Waals surface area contributed by atoms with E-state index in [1.165, 1.54) is 12.1 Å². The molecule has 2 atom stereocenters. The van der Waals surface area contributed by atoms with E-state index < -0.39 is 0 Å². The molecule has 0 heterocycles. The standard InChI is InChI=1S/C16H17ClFNO/c1-19-15(13-10-12(18)8-9-14(13)17)16(20-2)11-6-4-3-5-7-11/h3-10,15-16,19H,1-2H3. The summed E-state index contributed by atoms with van der Waals surface area (Å²) in [5, 5.41) is 3.68. The molecule has 0 bridgehead atoms. The maximum atomic E-state index is 13.5. The molecule has 2 rings (SSSR count). The Hall–Kier alpha value is -1.42. The van der Waals surface area contributed by atoms with Gasteiger partial charge < -0.3 is 10.1 Å². The highest BCUT2D eigenvalue weighted by Crippen LogP contribution is 2.35. The van der Waals surface area contributed by atoms with Gasteiger partial charge in [0.2, 0.25) is 0 Å². The van der Waals surface area contributed by atoms with Crippen molar-refractivity contribution in [1.82, 2.24) is 5.32 Å². The molecule has 0 aliphatic carbocycles. The van der Waals surface area contributed by atoms with Crippen LogP contribution in [-0.4, -0.2) is 14.2 Å². The SMILES string of the molecule is CNC(c1cc(F)ccc1Cl)C(OC)c1ccccc1. The highest BCUT2D eigenvalue weighted by atomic mass is 35.5. The smallest absolute Gasteiger partial charge is 0.123 e. The Kier molecular flexibility index (Phi) is 5.12. The Balaban J connectivity index is 2.42. The van der Waals surface area contributed by atoms with Gasteiger partial charge in [-0.3, -0.25) is 0 Å². The maximum absolute atomic E-state index is 13.5. The van der Waals surface area contributed by atoms with E-state index in [2.05, 4.69) is 5.32 Å². The molecule has 0 saturated carbocycles. The molecule has 4 heteroatoms. The molecule has 1 N–H and O–H groups in total. The summed E-state index contributed by atoms with van der Waals surface area (Å²) >= 11 is 6.20. The molecule has 2 nitrogen and oxygen atoms in total. The summed E-state index contributed by atoms with van der Waals surface area (Å²) in [7, 11) is 3.44. The van der Waals surface area contributed by atoms with Crippen molar-refractivity contribution in [2.24, 2.45) is 0 Å². The summed E-state index contributed by atoms with van der Waals surface area (Å²) in [5.74, 6) is -0.312. The fourth-order valence-electron chi connectivity index (χ4n) is 2.33. The molecule has 20 heavy (non-hydrogen) atoms. The van der Waals surface area contributed by atoms with Gasteiger partial charge in [-0.05, 0) is 36.4 Å². The highest BCUT2D eigenvalue weighted by Gasteiger charge is 2.25. The van der Waals surface area contributed by atoms with Crippen molar-refractivity contribution in [3.05, 3.63) is 70.5 Å². The predicted octanol–water partition coefficient (Wildman–Crippen LogP) is 4.13. The Morgan fingerprint density at radius 1 is 1.15 bits per heavy atom. The Morgan fingerprint density at radius 3 is 2.45 bits per heavy atom. The van der Waals surface area contributed by atoms with E-state index in [1.807, 2.05) is 30.3 Å². The van der Waals surface area contributed by atoms with Gasteiger partial charge in [-0.1, -0.05) is 41.9 Å². The van der Waals surface area contributed by atoms with Gasteiger partial charge in [0.25, 0.3) is 0 Å². The van der Waals surface area contributed by atoms with Crippen LogP contribution >= 0.6 is 11.6 Å². The summed E-state index contributed by atoms with van der Waals surface area (Å²) in [6, 6.07) is 13.9. The fourth-order valence-corrected chi connectivity index (χ4v) is 2.57. The first kappa shape index (κ1) is 15.0. The first-order chi connectivity index (χ1) is 9.67. The molecule has 0 fully saturated rings. The number of halogens is 2. The first-order valence-corrected chi connectivity index (χ1v) is 6.75. The van der Waals surface area contributed by atoms with Gasteiger partial charge in [0.1, 0.15) is 11.9 Å². The molecule has 0 saturated heterocycles. The number of hydrogen-bond donors (Lipinski definition) is 1. The lowest BCUT2D eigenvalue weighted by Crippen LogP contribution is -2.25. The predicted molar refractivity (Wildman–Crippen MR) is 79.4 cm³/mol. The third kappa shape index (κ3) is 3.18. The number of hydrogen-bond acceptors (Lipinski definition) is 2. The highest BCUT2D eigenvalue weighted by molar-refractivity contribution is 6.31. The van der Waals surface area contributed by atoms with Gasteiger partial charge in [0, 0.05) is 12.1 Å². The lowest BCUT2D eigenvalue weighted by molar-refractivity contribution is 0.0701. The van der Waals surface area contributed by atoms with Crippen LogP contribution in [0.3, 0.4) is 0 Å². The molecule has 0 amide bonds. The van der Waals surface area contributed by atoms with Gasteiger partial charge in [-0.15, -0.1) is 0 Å². The molecule has 0 spiro atoms. The third-order valence-corrected chi connectivity index (χ3v) is 3.63. The van der Waals surface area contributed by atoms with Gasteiger partial charge in [0.15, 0.2) is 0 Å². The first-order valence-electron chi connectivity index (χ1n) is 6.37. The van der Waals surface area contributed by atoms with Crippen LogP contribution in [0, 0.1) is 5.82 Å². The fraction of sp³-hybridized carbons (Fsp3) is 0.250. The summed E-state index contributed by atoms with van der Waals surface area (Å²) in [6.07, 6.45) is -0.250. The van der Waals surface area contributed by atoms with Crippen LogP contribution in [0.25, 0.3) is 0 Å². The number of methoxy groups -OCH3 is 1. The molecular formula is C16H17ClFNO. The van der Waals surface area contributed by atoms with E-state index in [4.69, 9.17) is 16.3 Å². The Labute approximate surface area is 123 Å². The minimum Gasteiger partial charge on any atom is -0.375 e. The van der Waals surface area contributed by atoms with Gasteiger partial charge in [-0.25, -0.2) is 4.39 Å². The number of benzene rings is 2. The van der Waals surface area contributed by atoms with Gasteiger partial charge in [0.05, 0.1) is 6.04 Å². The molecular weight excluding hydrogens is 277 g/mol. The van der Waals surface area contributed by atoms with E-state index in [0.717, 1.165) is 5.56 Å². The number of ether oxygens (including phenoxy) is 1. The van der Waals surface area contributed by atoms with Crippen LogP contribution in [0.1, 0.15) is 23.3 Å². The van der Waals surface area contributed by atoms with Crippen LogP contribution in [0.15, 0.2) is 48.5 Å². The molecule has 0 aliphatic heterocycles. The lowest BCUT2D eigenvalue weighted by Gasteiger charge is -2.27. The average molecular weight is 294 g/mol. The Morgan fingerprint density at radius 2 is 1.85 bits per heavy atom. The van der Waals surface area contributed by atoms with Crippen LogP contribution in [0.4, 0.5) is 4.39 Å². The van der Waals surface area contributed by atoms with Crippen molar-refractivity contribution >= 4 is 11.6 Å². The molecule has 0 radical (unpaired) electrons. The Bertz CT molecular complexity index is 562. The second-order valence-electron chi connectivity index (χ2n) is 4.50. The minimum absolute atomic E-state index is 0.231. The zero-order valence-corrected chi connectivity index (χ0v) is 12.2. The van der Waals surface area contributed by atoms with Gasteiger partial charge >= 0.3 is 0 Å². The number of likely N-dealkylation sites (N-methyl/N-ethyl adjacent to an activating group) is 1. The molecule has 0 aliphatic rings. The summed E-state index contributed by atoms with van der Waals surface area (Å²) in [5.41, 5.74) is 1.69. The molecule has 2 unspecified atom stereocenters. The van der Waals surface area contributed by atoms with Crippen molar-refractivity contribution in [2.45, 2.75) is 12.1 Å². The van der Waals surface area contributed by atoms with Crippen LogP contribution in [0.2, 0.25) is 5.02 Å². The van der Waals surface area contributed by atoms with Crippen molar-refractivity contribution in [2.75, 3.05) is 14.2 Å². The maximum Gasteiger partial charge on any atom is 0.123 e. The lowest BCUT2D eigenvalue weighted by atomic mass is 9.95. The van der Waals surface area contributed by atoms with Crippen molar-refractivity contribution < 1.29 is 9.13 Å². The molecule has 106 valence electrons. The van der Waals surface area contributed by atoms with E-state index in [1.54, 1.807) is 20.2 Å². The largest absolute Gasteiger partial charge is 0.375 e. The van der Waals surface area contributed by atoms with E-state index in [-0.39, 0.29) is 18.0 Å². The second-order valence-corrected chi connectivity index (χ2v) is 4.91. The second kappa shape index (κ2) is 6.84. The molecule has 2 aromatic rings. The molecule has 2 aromatic carbocycles. The van der Waals surface area contributed by atoms with Gasteiger partial charge in [-0.2, -0.15) is 0 Å². The van der Waals surface area contributed by atoms with E-state index in [0.29, 0.717) is 10.6 Å².